The number of carbonyl (C=O) groups excluding carboxylic acids is 3. The van der Waals surface area contributed by atoms with E-state index >= 15 is 0 Å². The summed E-state index contributed by atoms with van der Waals surface area (Å²) in [5, 5.41) is 8.02. The highest BCUT2D eigenvalue weighted by Gasteiger charge is 2.38. The fourth-order valence-electron chi connectivity index (χ4n) is 2.87. The van der Waals surface area contributed by atoms with Gasteiger partial charge in [0.05, 0.1) is 22.5 Å². The molecule has 30 heavy (non-hydrogen) atoms. The number of alkyl halides is 3. The first-order chi connectivity index (χ1) is 14.1. The molecule has 3 rings (SSSR count). The fourth-order valence-corrected chi connectivity index (χ4v) is 3.43. The fraction of sp³-hybridized carbons (Fsp3) is 0.158. The lowest BCUT2D eigenvalue weighted by molar-refractivity contribution is -0.119. The van der Waals surface area contributed by atoms with Gasteiger partial charge in [-0.25, -0.2) is 4.90 Å². The van der Waals surface area contributed by atoms with Crippen molar-refractivity contribution in [2.75, 3.05) is 10.2 Å². The van der Waals surface area contributed by atoms with Crippen LogP contribution < -0.4 is 20.9 Å². The summed E-state index contributed by atoms with van der Waals surface area (Å²) in [5.41, 5.74) is 1.31. The molecule has 2 aromatic carbocycles. The van der Waals surface area contributed by atoms with Gasteiger partial charge >= 0.3 is 0 Å². The number of imide groups is 1. The van der Waals surface area contributed by atoms with Gasteiger partial charge in [0, 0.05) is 6.92 Å². The molecule has 3 N–H and O–H groups in total. The van der Waals surface area contributed by atoms with E-state index in [1.54, 1.807) is 48.5 Å². The Labute approximate surface area is 192 Å². The molecular formula is C19H15Cl3N4O3S. The average Bonchev–Trinajstić information content (AvgIpc) is 2.92. The van der Waals surface area contributed by atoms with Crippen LogP contribution >= 0.6 is 47.0 Å². The Balaban J connectivity index is 1.85. The van der Waals surface area contributed by atoms with Crippen LogP contribution in [0.1, 0.15) is 27.6 Å². The Hall–Kier alpha value is -2.39. The first kappa shape index (κ1) is 22.3. The summed E-state index contributed by atoms with van der Waals surface area (Å²) in [6.07, 6.45) is -1.12. The minimum Gasteiger partial charge on any atom is -0.339 e. The summed E-state index contributed by atoms with van der Waals surface area (Å²) >= 11 is 22.9. The van der Waals surface area contributed by atoms with E-state index in [9.17, 15) is 14.4 Å². The molecule has 2 aromatic rings. The highest BCUT2D eigenvalue weighted by Crippen LogP contribution is 2.33. The number of nitrogens with one attached hydrogen (secondary N) is 3. The van der Waals surface area contributed by atoms with E-state index in [1.807, 2.05) is 0 Å². The van der Waals surface area contributed by atoms with Crippen molar-refractivity contribution in [3.8, 4) is 0 Å². The lowest BCUT2D eigenvalue weighted by Crippen LogP contribution is -2.55. The number of nitrogens with zero attached hydrogens (tertiary/aromatic N) is 1. The van der Waals surface area contributed by atoms with E-state index < -0.39 is 27.7 Å². The van der Waals surface area contributed by atoms with Gasteiger partial charge in [0.2, 0.25) is 9.70 Å². The van der Waals surface area contributed by atoms with Gasteiger partial charge in [-0.05, 0) is 36.5 Å². The Morgan fingerprint density at radius 3 is 2.03 bits per heavy atom. The normalized spacial score (nSPS) is 14.2. The maximum absolute atomic E-state index is 12.8. The molecule has 3 amide bonds. The minimum atomic E-state index is -1.89. The second-order valence-electron chi connectivity index (χ2n) is 6.28. The van der Waals surface area contributed by atoms with E-state index in [2.05, 4.69) is 16.0 Å². The zero-order valence-corrected chi connectivity index (χ0v) is 18.5. The number of rotatable bonds is 4. The first-order valence-corrected chi connectivity index (χ1v) is 10.1. The van der Waals surface area contributed by atoms with Crippen LogP contribution in [0.2, 0.25) is 0 Å². The molecule has 0 saturated heterocycles. The summed E-state index contributed by atoms with van der Waals surface area (Å²) in [6.45, 7) is 1.26. The average molecular weight is 486 g/mol. The third kappa shape index (κ3) is 4.67. The Morgan fingerprint density at radius 1 is 0.967 bits per heavy atom. The summed E-state index contributed by atoms with van der Waals surface area (Å²) in [6, 6.07) is 13.2. The van der Waals surface area contributed by atoms with Gasteiger partial charge in [-0.1, -0.05) is 59.1 Å². The van der Waals surface area contributed by atoms with Gasteiger partial charge in [0.15, 0.2) is 5.11 Å². The number of benzene rings is 2. The SMILES string of the molecule is CC(=O)N[C@H](NC(=S)Nc1ccccc1N1C(=O)c2ccccc2C1=O)C(Cl)(Cl)Cl. The number of hydrogen-bond donors (Lipinski definition) is 3. The van der Waals surface area contributed by atoms with Crippen LogP contribution in [0.3, 0.4) is 0 Å². The Bertz CT molecular complexity index is 1010. The zero-order valence-electron chi connectivity index (χ0n) is 15.4. The minimum absolute atomic E-state index is 0.00383. The van der Waals surface area contributed by atoms with Gasteiger partial charge in [-0.2, -0.15) is 0 Å². The number of amides is 3. The van der Waals surface area contributed by atoms with Crippen molar-refractivity contribution in [2.45, 2.75) is 16.9 Å². The molecule has 0 bridgehead atoms. The molecule has 0 saturated carbocycles. The molecule has 0 aliphatic carbocycles. The van der Waals surface area contributed by atoms with Crippen LogP contribution in [-0.2, 0) is 4.79 Å². The van der Waals surface area contributed by atoms with Crippen LogP contribution in [0, 0.1) is 0 Å². The van der Waals surface area contributed by atoms with Crippen molar-refractivity contribution in [1.29, 1.82) is 0 Å². The molecule has 1 heterocycles. The largest absolute Gasteiger partial charge is 0.339 e. The molecule has 1 aliphatic heterocycles. The third-order valence-electron chi connectivity index (χ3n) is 4.14. The van der Waals surface area contributed by atoms with Crippen LogP contribution in [0.25, 0.3) is 0 Å². The summed E-state index contributed by atoms with van der Waals surface area (Å²) in [5.74, 6) is -1.32. The summed E-state index contributed by atoms with van der Waals surface area (Å²) in [4.78, 5) is 38.1. The van der Waals surface area contributed by atoms with Crippen molar-refractivity contribution in [3.63, 3.8) is 0 Å². The first-order valence-electron chi connectivity index (χ1n) is 8.57. The third-order valence-corrected chi connectivity index (χ3v) is 5.01. The maximum Gasteiger partial charge on any atom is 0.266 e. The van der Waals surface area contributed by atoms with Crippen molar-refractivity contribution >= 4 is 81.2 Å². The highest BCUT2D eigenvalue weighted by atomic mass is 35.6. The number of anilines is 2. The lowest BCUT2D eigenvalue weighted by Gasteiger charge is -2.28. The molecule has 7 nitrogen and oxygen atoms in total. The Kier molecular flexibility index (Phi) is 6.52. The molecule has 1 atom stereocenters. The van der Waals surface area contributed by atoms with Crippen molar-refractivity contribution in [3.05, 3.63) is 59.7 Å². The van der Waals surface area contributed by atoms with Crippen molar-refractivity contribution in [2.24, 2.45) is 0 Å². The Morgan fingerprint density at radius 2 is 1.50 bits per heavy atom. The predicted octanol–water partition coefficient (Wildman–Crippen LogP) is 3.61. The van der Waals surface area contributed by atoms with Gasteiger partial charge in [-0.15, -0.1) is 0 Å². The van der Waals surface area contributed by atoms with Crippen LogP contribution in [0.4, 0.5) is 11.4 Å². The number of fused-ring (bicyclic) bond motifs is 1. The number of para-hydroxylation sites is 2. The molecule has 0 aromatic heterocycles. The van der Waals surface area contributed by atoms with E-state index in [1.165, 1.54) is 6.92 Å². The molecule has 1 aliphatic rings. The second kappa shape index (κ2) is 8.77. The smallest absolute Gasteiger partial charge is 0.266 e. The monoisotopic (exact) mass is 484 g/mol. The van der Waals surface area contributed by atoms with E-state index in [0.29, 0.717) is 22.5 Å². The standard InChI is InChI=1S/C19H15Cl3N4O3S/c1-10(27)23-17(19(20,21)22)25-18(30)24-13-8-4-5-9-14(13)26-15(28)11-6-2-3-7-12(11)16(26)29/h2-9,17H,1H3,(H,23,27)(H2,24,25,30)/t17-/m1/s1. The van der Waals surface area contributed by atoms with Gasteiger partial charge < -0.3 is 16.0 Å². The second-order valence-corrected chi connectivity index (χ2v) is 9.06. The molecule has 0 spiro atoms. The highest BCUT2D eigenvalue weighted by molar-refractivity contribution is 7.80. The van der Waals surface area contributed by atoms with Gasteiger partial charge in [-0.3, -0.25) is 14.4 Å². The van der Waals surface area contributed by atoms with Crippen LogP contribution in [0.5, 0.6) is 0 Å². The van der Waals surface area contributed by atoms with E-state index in [4.69, 9.17) is 47.0 Å². The van der Waals surface area contributed by atoms with E-state index in [0.717, 1.165) is 4.90 Å². The van der Waals surface area contributed by atoms with Crippen molar-refractivity contribution in [1.82, 2.24) is 10.6 Å². The summed E-state index contributed by atoms with van der Waals surface area (Å²) < 4.78 is -1.89. The topological polar surface area (TPSA) is 90.5 Å². The summed E-state index contributed by atoms with van der Waals surface area (Å²) in [7, 11) is 0. The quantitative estimate of drug-likeness (QED) is 0.265. The molecule has 156 valence electrons. The van der Waals surface area contributed by atoms with E-state index in [-0.39, 0.29) is 5.11 Å². The number of thiocarbonyl (C=S) groups is 1. The molecule has 0 unspecified atom stereocenters. The van der Waals surface area contributed by atoms with Gasteiger partial charge in [0.25, 0.3) is 11.8 Å². The molecule has 11 heteroatoms. The lowest BCUT2D eigenvalue weighted by atomic mass is 10.1. The van der Waals surface area contributed by atoms with Crippen LogP contribution in [-0.4, -0.2) is 32.8 Å². The number of carbonyl (C=O) groups is 3. The maximum atomic E-state index is 12.8. The molecule has 0 radical (unpaired) electrons. The molecular weight excluding hydrogens is 471 g/mol. The van der Waals surface area contributed by atoms with Crippen LogP contribution in [0.15, 0.2) is 48.5 Å². The number of hydrogen-bond acceptors (Lipinski definition) is 4. The predicted molar refractivity (Wildman–Crippen MR) is 121 cm³/mol. The van der Waals surface area contributed by atoms with Crippen molar-refractivity contribution < 1.29 is 14.4 Å². The zero-order chi connectivity index (χ0) is 22.1. The number of halogens is 3. The molecule has 0 fully saturated rings. The van der Waals surface area contributed by atoms with Gasteiger partial charge in [0.1, 0.15) is 6.17 Å².